The molecule has 0 unspecified atom stereocenters. The second-order valence-electron chi connectivity index (χ2n) is 5.12. The van der Waals surface area contributed by atoms with Gasteiger partial charge in [-0.05, 0) is 55.3 Å². The van der Waals surface area contributed by atoms with Gasteiger partial charge in [0.15, 0.2) is 0 Å². The summed E-state index contributed by atoms with van der Waals surface area (Å²) in [5.41, 5.74) is 2.74. The van der Waals surface area contributed by atoms with Gasteiger partial charge in [-0.2, -0.15) is 5.10 Å². The number of aryl methyl sites for hydroxylation is 1. The van der Waals surface area contributed by atoms with Crippen LogP contribution >= 0.6 is 0 Å². The normalized spacial score (nSPS) is 10.9. The lowest BCUT2D eigenvalue weighted by Gasteiger charge is -2.09. The van der Waals surface area contributed by atoms with Crippen molar-refractivity contribution in [2.75, 3.05) is 0 Å². The van der Waals surface area contributed by atoms with E-state index >= 15 is 0 Å². The molecule has 0 radical (unpaired) electrons. The minimum absolute atomic E-state index is 0.280. The molecule has 3 rings (SSSR count). The van der Waals surface area contributed by atoms with Crippen molar-refractivity contribution in [3.63, 3.8) is 0 Å². The summed E-state index contributed by atoms with van der Waals surface area (Å²) < 4.78 is 42.1. The summed E-state index contributed by atoms with van der Waals surface area (Å²) in [6, 6.07) is 10.9. The molecular weight excluding hydrogens is 331 g/mol. The molecule has 0 N–H and O–H groups in total. The summed E-state index contributed by atoms with van der Waals surface area (Å²) >= 11 is 0. The van der Waals surface area contributed by atoms with E-state index in [1.54, 1.807) is 29.2 Å². The van der Waals surface area contributed by atoms with Crippen LogP contribution in [0.25, 0.3) is 5.69 Å². The van der Waals surface area contributed by atoms with Crippen LogP contribution in [0.15, 0.2) is 54.9 Å². The third kappa shape index (κ3) is 4.38. The molecule has 0 bridgehead atoms. The van der Waals surface area contributed by atoms with E-state index in [0.29, 0.717) is 11.4 Å². The van der Waals surface area contributed by atoms with E-state index in [0.717, 1.165) is 11.3 Å². The fraction of sp³-hybridized carbons (Fsp3) is 0.111. The largest absolute Gasteiger partial charge is 0.573 e. The number of hydrogen-bond acceptors (Lipinski definition) is 3. The fourth-order valence-electron chi connectivity index (χ4n) is 2.16. The van der Waals surface area contributed by atoms with Crippen molar-refractivity contribution in [3.8, 4) is 23.3 Å². The quantitative estimate of drug-likeness (QED) is 0.663. The standard InChI is InChI=1S/C18H12F3N3O/c1-13-11-15(5-4-14-3-2-10-22-12-14)23-24(13)16-6-8-17(9-7-16)25-18(19,20)21/h2-3,6-12H,1H3. The molecule has 7 heteroatoms. The van der Waals surface area contributed by atoms with E-state index in [4.69, 9.17) is 0 Å². The summed E-state index contributed by atoms with van der Waals surface area (Å²) in [4.78, 5) is 3.98. The predicted molar refractivity (Wildman–Crippen MR) is 85.2 cm³/mol. The molecule has 0 saturated carbocycles. The number of aromatic nitrogens is 3. The predicted octanol–water partition coefficient (Wildman–Crippen LogP) is 3.87. The Bertz CT molecular complexity index is 920. The number of benzene rings is 1. The Kier molecular flexibility index (Phi) is 4.44. The van der Waals surface area contributed by atoms with Gasteiger partial charge in [0, 0.05) is 23.7 Å². The van der Waals surface area contributed by atoms with Crippen LogP contribution in [0.4, 0.5) is 13.2 Å². The highest BCUT2D eigenvalue weighted by atomic mass is 19.4. The summed E-state index contributed by atoms with van der Waals surface area (Å²) in [6.07, 6.45) is -1.40. The van der Waals surface area contributed by atoms with Crippen LogP contribution in [-0.4, -0.2) is 21.1 Å². The number of ether oxygens (including phenoxy) is 1. The second kappa shape index (κ2) is 6.69. The molecule has 0 atom stereocenters. The number of hydrogen-bond donors (Lipinski definition) is 0. The first-order valence-electron chi connectivity index (χ1n) is 7.26. The highest BCUT2D eigenvalue weighted by Gasteiger charge is 2.30. The van der Waals surface area contributed by atoms with Gasteiger partial charge in [0.1, 0.15) is 11.4 Å². The molecule has 3 aromatic rings. The Labute approximate surface area is 141 Å². The van der Waals surface area contributed by atoms with Crippen LogP contribution in [0.2, 0.25) is 0 Å². The highest BCUT2D eigenvalue weighted by Crippen LogP contribution is 2.24. The Morgan fingerprint density at radius 1 is 1.08 bits per heavy atom. The van der Waals surface area contributed by atoms with Crippen molar-refractivity contribution in [1.82, 2.24) is 14.8 Å². The van der Waals surface area contributed by atoms with E-state index in [9.17, 15) is 13.2 Å². The second-order valence-corrected chi connectivity index (χ2v) is 5.12. The number of nitrogens with zero attached hydrogens (tertiary/aromatic N) is 3. The lowest BCUT2D eigenvalue weighted by atomic mass is 10.3. The monoisotopic (exact) mass is 343 g/mol. The Balaban J connectivity index is 1.82. The summed E-state index contributed by atoms with van der Waals surface area (Å²) in [7, 11) is 0. The molecule has 1 aromatic carbocycles. The van der Waals surface area contributed by atoms with Crippen LogP contribution in [0.1, 0.15) is 17.0 Å². The van der Waals surface area contributed by atoms with Gasteiger partial charge in [0.05, 0.1) is 5.69 Å². The van der Waals surface area contributed by atoms with Crippen molar-refractivity contribution in [3.05, 3.63) is 71.8 Å². The molecule has 4 nitrogen and oxygen atoms in total. The molecule has 0 saturated heterocycles. The minimum Gasteiger partial charge on any atom is -0.406 e. The molecule has 2 aromatic heterocycles. The van der Waals surface area contributed by atoms with E-state index in [2.05, 4.69) is 26.7 Å². The first kappa shape index (κ1) is 16.6. The summed E-state index contributed by atoms with van der Waals surface area (Å²) in [6.45, 7) is 1.84. The highest BCUT2D eigenvalue weighted by molar-refractivity contribution is 5.42. The molecule has 25 heavy (non-hydrogen) atoms. The van der Waals surface area contributed by atoms with E-state index in [1.807, 2.05) is 13.0 Å². The van der Waals surface area contributed by atoms with Gasteiger partial charge in [0.25, 0.3) is 0 Å². The van der Waals surface area contributed by atoms with Crippen LogP contribution in [0, 0.1) is 18.8 Å². The SMILES string of the molecule is Cc1cc(C#Cc2cccnc2)nn1-c1ccc(OC(F)(F)F)cc1. The maximum Gasteiger partial charge on any atom is 0.573 e. The lowest BCUT2D eigenvalue weighted by molar-refractivity contribution is -0.274. The first-order valence-corrected chi connectivity index (χ1v) is 7.26. The van der Waals surface area contributed by atoms with Gasteiger partial charge >= 0.3 is 6.36 Å². The van der Waals surface area contributed by atoms with E-state index in [1.165, 1.54) is 24.3 Å². The molecular formula is C18H12F3N3O. The van der Waals surface area contributed by atoms with Gasteiger partial charge < -0.3 is 4.74 Å². The Hall–Kier alpha value is -3.27. The zero-order valence-electron chi connectivity index (χ0n) is 13.1. The molecule has 126 valence electrons. The third-order valence-corrected chi connectivity index (χ3v) is 3.20. The van der Waals surface area contributed by atoms with Gasteiger partial charge in [-0.25, -0.2) is 4.68 Å². The maximum atomic E-state index is 12.2. The van der Waals surface area contributed by atoms with E-state index in [-0.39, 0.29) is 5.75 Å². The Morgan fingerprint density at radius 2 is 1.84 bits per heavy atom. The average Bonchev–Trinajstić information content (AvgIpc) is 2.94. The van der Waals surface area contributed by atoms with Crippen molar-refractivity contribution in [2.24, 2.45) is 0 Å². The van der Waals surface area contributed by atoms with Crippen LogP contribution in [-0.2, 0) is 0 Å². The number of pyridine rings is 1. The van der Waals surface area contributed by atoms with E-state index < -0.39 is 6.36 Å². The topological polar surface area (TPSA) is 39.9 Å². The van der Waals surface area contributed by atoms with Gasteiger partial charge in [-0.15, -0.1) is 13.2 Å². The molecule has 2 heterocycles. The lowest BCUT2D eigenvalue weighted by Crippen LogP contribution is -2.17. The number of halogens is 3. The molecule has 0 aliphatic carbocycles. The molecule has 0 spiro atoms. The van der Waals surface area contributed by atoms with Crippen molar-refractivity contribution in [1.29, 1.82) is 0 Å². The number of alkyl halides is 3. The van der Waals surface area contributed by atoms with Crippen molar-refractivity contribution in [2.45, 2.75) is 13.3 Å². The fourth-order valence-corrected chi connectivity index (χ4v) is 2.16. The van der Waals surface area contributed by atoms with Crippen LogP contribution in [0.3, 0.4) is 0 Å². The van der Waals surface area contributed by atoms with Crippen LogP contribution < -0.4 is 4.74 Å². The van der Waals surface area contributed by atoms with Crippen LogP contribution in [0.5, 0.6) is 5.75 Å². The Morgan fingerprint density at radius 3 is 2.48 bits per heavy atom. The van der Waals surface area contributed by atoms with Gasteiger partial charge in [0.2, 0.25) is 0 Å². The maximum absolute atomic E-state index is 12.2. The summed E-state index contributed by atoms with van der Waals surface area (Å²) in [5, 5.41) is 4.36. The third-order valence-electron chi connectivity index (χ3n) is 3.20. The minimum atomic E-state index is -4.71. The zero-order valence-corrected chi connectivity index (χ0v) is 13.1. The average molecular weight is 343 g/mol. The van der Waals surface area contributed by atoms with Crippen molar-refractivity contribution >= 4 is 0 Å². The molecule has 0 amide bonds. The van der Waals surface area contributed by atoms with Crippen molar-refractivity contribution < 1.29 is 17.9 Å². The number of rotatable bonds is 2. The summed E-state index contributed by atoms with van der Waals surface area (Å²) in [5.74, 6) is 5.61. The first-order chi connectivity index (χ1) is 11.9. The zero-order chi connectivity index (χ0) is 17.9. The molecule has 0 fully saturated rings. The molecule has 0 aliphatic rings. The molecule has 0 aliphatic heterocycles. The van der Waals surface area contributed by atoms with Gasteiger partial charge in [-0.1, -0.05) is 5.92 Å². The van der Waals surface area contributed by atoms with Gasteiger partial charge in [-0.3, -0.25) is 4.98 Å². The smallest absolute Gasteiger partial charge is 0.406 e.